The molecule has 10 nitrogen and oxygen atoms in total. The van der Waals surface area contributed by atoms with E-state index in [0.717, 1.165) is 11.8 Å². The van der Waals surface area contributed by atoms with Crippen LogP contribution in [0.1, 0.15) is 34.6 Å². The third-order valence-electron chi connectivity index (χ3n) is 5.22. The van der Waals surface area contributed by atoms with Gasteiger partial charge >= 0.3 is 0 Å². The first-order valence-corrected chi connectivity index (χ1v) is 12.6. The van der Waals surface area contributed by atoms with E-state index in [2.05, 4.69) is 21.6 Å². The Kier molecular flexibility index (Phi) is 8.28. The molecule has 2 rings (SSSR count). The monoisotopic (exact) mass is 479 g/mol. The van der Waals surface area contributed by atoms with E-state index in [4.69, 9.17) is 5.84 Å². The number of rotatable bonds is 10. The van der Waals surface area contributed by atoms with Gasteiger partial charge in [-0.05, 0) is 25.0 Å². The Labute approximate surface area is 193 Å². The third kappa shape index (κ3) is 5.40. The summed E-state index contributed by atoms with van der Waals surface area (Å²) in [5.74, 6) is 6.00. The summed E-state index contributed by atoms with van der Waals surface area (Å²) in [6, 6.07) is 8.46. The van der Waals surface area contributed by atoms with Crippen LogP contribution < -0.4 is 11.2 Å². The smallest absolute Gasteiger partial charge is 0.243 e. The van der Waals surface area contributed by atoms with Crippen molar-refractivity contribution in [3.63, 3.8) is 0 Å². The van der Waals surface area contributed by atoms with Gasteiger partial charge in [0.2, 0.25) is 21.1 Å². The van der Waals surface area contributed by atoms with E-state index in [9.17, 15) is 18.5 Å². The molecule has 0 saturated heterocycles. The zero-order chi connectivity index (χ0) is 24.1. The number of carbonyl (C=O) groups excluding carboxylic acids is 1. The molecule has 1 unspecified atom stereocenters. The Morgan fingerprint density at radius 2 is 2.00 bits per heavy atom. The highest BCUT2D eigenvalue weighted by Crippen LogP contribution is 2.25. The first-order valence-electron chi connectivity index (χ1n) is 10.2. The molecule has 12 heteroatoms. The van der Waals surface area contributed by atoms with Gasteiger partial charge in [0.25, 0.3) is 0 Å². The van der Waals surface area contributed by atoms with Gasteiger partial charge in [-0.2, -0.15) is 9.57 Å². The van der Waals surface area contributed by atoms with Crippen molar-refractivity contribution in [3.8, 4) is 17.5 Å². The van der Waals surface area contributed by atoms with Crippen LogP contribution in [-0.2, 0) is 14.8 Å². The molecule has 1 amide bonds. The molecule has 0 aliphatic heterocycles. The van der Waals surface area contributed by atoms with Crippen molar-refractivity contribution < 1.29 is 13.2 Å². The van der Waals surface area contributed by atoms with Gasteiger partial charge in [-0.15, -0.1) is 10.2 Å². The summed E-state index contributed by atoms with van der Waals surface area (Å²) in [6.45, 7) is 9.66. The number of benzene rings is 1. The van der Waals surface area contributed by atoms with Crippen molar-refractivity contribution in [2.45, 2.75) is 50.2 Å². The van der Waals surface area contributed by atoms with E-state index >= 15 is 0 Å². The van der Waals surface area contributed by atoms with Crippen molar-refractivity contribution >= 4 is 27.7 Å². The van der Waals surface area contributed by atoms with Gasteiger partial charge in [0.1, 0.15) is 5.54 Å². The normalized spacial score (nSPS) is 13.7. The van der Waals surface area contributed by atoms with Gasteiger partial charge in [0, 0.05) is 18.7 Å². The highest BCUT2D eigenvalue weighted by Gasteiger charge is 2.30. The maximum Gasteiger partial charge on any atom is 0.243 e. The number of sulfonamides is 1. The predicted molar refractivity (Wildman–Crippen MR) is 123 cm³/mol. The Hall–Kier alpha value is -2.62. The molecule has 0 aliphatic carbocycles. The summed E-state index contributed by atoms with van der Waals surface area (Å²) in [5, 5.41) is 20.4. The summed E-state index contributed by atoms with van der Waals surface area (Å²) in [4.78, 5) is 12.4. The average molecular weight is 480 g/mol. The minimum Gasteiger partial charge on any atom is -0.337 e. The van der Waals surface area contributed by atoms with Gasteiger partial charge < -0.3 is 11.2 Å². The molecule has 174 valence electrons. The minimum absolute atomic E-state index is 0.00426. The van der Waals surface area contributed by atoms with E-state index in [1.54, 1.807) is 32.9 Å². The number of nitrogens with two attached hydrogens (primary N) is 1. The van der Waals surface area contributed by atoms with E-state index < -0.39 is 15.6 Å². The van der Waals surface area contributed by atoms with Crippen molar-refractivity contribution in [2.24, 2.45) is 5.92 Å². The molecule has 1 heterocycles. The Bertz CT molecular complexity index is 1100. The Morgan fingerprint density at radius 1 is 1.34 bits per heavy atom. The third-order valence-corrected chi connectivity index (χ3v) is 8.21. The van der Waals surface area contributed by atoms with Crippen molar-refractivity contribution in [3.05, 3.63) is 24.3 Å². The molecule has 2 aromatic rings. The zero-order valence-electron chi connectivity index (χ0n) is 18.9. The molecule has 1 aromatic heterocycles. The molecule has 0 aliphatic rings. The molecule has 1 atom stereocenters. The standard InChI is InChI=1S/C20H29N7O3S2/c1-6-26(7-2)32(29,30)16-10-8-9-15(11-16)18-24-25-19(27(18)22)31-12-17(28)23-20(5,13-21)14(3)4/h8-11,14H,6-7,12,22H2,1-5H3,(H,23,28). The number of nitriles is 1. The van der Waals surface area contributed by atoms with E-state index in [-0.39, 0.29) is 33.5 Å². The predicted octanol–water partition coefficient (Wildman–Crippen LogP) is 1.84. The van der Waals surface area contributed by atoms with Crippen LogP contribution in [-0.4, -0.2) is 57.9 Å². The SMILES string of the molecule is CCN(CC)S(=O)(=O)c1cccc(-c2nnc(SCC(=O)NC(C)(C#N)C(C)C)n2N)c1. The highest BCUT2D eigenvalue weighted by atomic mass is 32.2. The fourth-order valence-corrected chi connectivity index (χ4v) is 5.00. The van der Waals surface area contributed by atoms with Gasteiger partial charge in [-0.25, -0.2) is 13.1 Å². The van der Waals surface area contributed by atoms with Crippen LogP contribution in [0.2, 0.25) is 0 Å². The van der Waals surface area contributed by atoms with E-state index in [1.807, 2.05) is 13.8 Å². The van der Waals surface area contributed by atoms with Gasteiger partial charge in [-0.1, -0.05) is 51.6 Å². The first kappa shape index (κ1) is 25.6. The van der Waals surface area contributed by atoms with E-state index in [0.29, 0.717) is 18.7 Å². The second kappa shape index (κ2) is 10.3. The van der Waals surface area contributed by atoms with Crippen molar-refractivity contribution in [1.29, 1.82) is 5.26 Å². The number of aromatic nitrogens is 3. The van der Waals surface area contributed by atoms with Crippen molar-refractivity contribution in [1.82, 2.24) is 24.5 Å². The van der Waals surface area contributed by atoms with Gasteiger partial charge in [0.05, 0.1) is 16.7 Å². The molecule has 1 aromatic carbocycles. The number of nitrogens with one attached hydrogen (secondary N) is 1. The molecule has 32 heavy (non-hydrogen) atoms. The fourth-order valence-electron chi connectivity index (χ4n) is 2.84. The molecule has 3 N–H and O–H groups in total. The van der Waals surface area contributed by atoms with Crippen LogP contribution in [0.25, 0.3) is 11.4 Å². The summed E-state index contributed by atoms with van der Waals surface area (Å²) in [7, 11) is -3.64. The Balaban J connectivity index is 2.20. The highest BCUT2D eigenvalue weighted by molar-refractivity contribution is 7.99. The maximum absolute atomic E-state index is 12.8. The molecule has 0 fully saturated rings. The number of carbonyl (C=O) groups is 1. The number of amides is 1. The Morgan fingerprint density at radius 3 is 2.56 bits per heavy atom. The summed E-state index contributed by atoms with van der Waals surface area (Å²) in [6.07, 6.45) is 0. The largest absolute Gasteiger partial charge is 0.337 e. The topological polar surface area (TPSA) is 147 Å². The minimum atomic E-state index is -3.64. The number of thioether (sulfide) groups is 1. The lowest BCUT2D eigenvalue weighted by Crippen LogP contribution is -2.49. The van der Waals surface area contributed by atoms with Crippen LogP contribution in [0.3, 0.4) is 0 Å². The van der Waals surface area contributed by atoms with Crippen LogP contribution in [0.5, 0.6) is 0 Å². The average Bonchev–Trinajstić information content (AvgIpc) is 3.13. The number of nitrogens with zero attached hydrogens (tertiary/aromatic N) is 5. The zero-order valence-corrected chi connectivity index (χ0v) is 20.5. The maximum atomic E-state index is 12.8. The molecule has 0 saturated carbocycles. The quantitative estimate of drug-likeness (QED) is 0.387. The molecule has 0 bridgehead atoms. The van der Waals surface area contributed by atoms with E-state index in [1.165, 1.54) is 21.1 Å². The molecule has 0 spiro atoms. The number of hydrogen-bond donors (Lipinski definition) is 2. The molecule has 0 radical (unpaired) electrons. The second-order valence-electron chi connectivity index (χ2n) is 7.60. The summed E-state index contributed by atoms with van der Waals surface area (Å²) >= 11 is 1.07. The fraction of sp³-hybridized carbons (Fsp3) is 0.500. The van der Waals surface area contributed by atoms with Gasteiger partial charge in [-0.3, -0.25) is 4.79 Å². The van der Waals surface area contributed by atoms with Gasteiger partial charge in [0.15, 0.2) is 5.82 Å². The first-order chi connectivity index (χ1) is 15.0. The number of hydrogen-bond acceptors (Lipinski definition) is 8. The lowest BCUT2D eigenvalue weighted by atomic mass is 9.90. The van der Waals surface area contributed by atoms with Crippen LogP contribution in [0.4, 0.5) is 0 Å². The van der Waals surface area contributed by atoms with Crippen LogP contribution in [0, 0.1) is 17.2 Å². The molecular weight excluding hydrogens is 450 g/mol. The summed E-state index contributed by atoms with van der Waals surface area (Å²) in [5.41, 5.74) is -0.489. The second-order valence-corrected chi connectivity index (χ2v) is 10.5. The van der Waals surface area contributed by atoms with Crippen LogP contribution >= 0.6 is 11.8 Å². The lowest BCUT2D eigenvalue weighted by Gasteiger charge is -2.27. The van der Waals surface area contributed by atoms with Crippen LogP contribution in [0.15, 0.2) is 34.3 Å². The number of nitrogen functional groups attached to an aromatic ring is 1. The lowest BCUT2D eigenvalue weighted by molar-refractivity contribution is -0.120. The van der Waals surface area contributed by atoms with Crippen molar-refractivity contribution in [2.75, 3.05) is 24.7 Å². The molecular formula is C20H29N7O3S2. The summed E-state index contributed by atoms with van der Waals surface area (Å²) < 4.78 is 28.2.